The van der Waals surface area contributed by atoms with Crippen molar-refractivity contribution in [2.24, 2.45) is 0 Å². The number of rotatable bonds is 2. The molecule has 0 aromatic heterocycles. The van der Waals surface area contributed by atoms with Crippen molar-refractivity contribution in [3.8, 4) is 5.75 Å². The fourth-order valence-electron chi connectivity index (χ4n) is 1.53. The Bertz CT molecular complexity index is 357. The van der Waals surface area contributed by atoms with Crippen molar-refractivity contribution < 1.29 is 14.6 Å². The van der Waals surface area contributed by atoms with Crippen LogP contribution in [0.2, 0.25) is 0 Å². The second-order valence-corrected chi connectivity index (χ2v) is 3.75. The lowest BCUT2D eigenvalue weighted by atomic mass is 10.0. The van der Waals surface area contributed by atoms with Crippen molar-refractivity contribution in [1.82, 2.24) is 0 Å². The molecule has 82 valence electrons. The number of benzene rings is 1. The van der Waals surface area contributed by atoms with E-state index >= 15 is 0 Å². The van der Waals surface area contributed by atoms with Crippen LogP contribution in [0.5, 0.6) is 5.75 Å². The smallest absolute Gasteiger partial charge is 0.308 e. The zero-order valence-corrected chi connectivity index (χ0v) is 9.50. The molecule has 0 radical (unpaired) electrons. The molecule has 1 unspecified atom stereocenters. The van der Waals surface area contributed by atoms with E-state index in [4.69, 9.17) is 4.74 Å². The van der Waals surface area contributed by atoms with Gasteiger partial charge in [0.05, 0.1) is 6.10 Å². The van der Waals surface area contributed by atoms with Crippen LogP contribution in [0, 0.1) is 13.8 Å². The minimum Gasteiger partial charge on any atom is -0.426 e. The lowest BCUT2D eigenvalue weighted by Gasteiger charge is -2.13. The SMILES string of the molecule is CC(=O)Oc1c(C)cc(C(C)O)cc1C. The van der Waals surface area contributed by atoms with E-state index in [1.54, 1.807) is 6.92 Å². The molecule has 3 nitrogen and oxygen atoms in total. The van der Waals surface area contributed by atoms with Crippen LogP contribution in [0.25, 0.3) is 0 Å². The molecule has 0 saturated carbocycles. The highest BCUT2D eigenvalue weighted by Gasteiger charge is 2.10. The van der Waals surface area contributed by atoms with Crippen molar-refractivity contribution >= 4 is 5.97 Å². The van der Waals surface area contributed by atoms with Crippen molar-refractivity contribution in [2.45, 2.75) is 33.8 Å². The number of aliphatic hydroxyl groups excluding tert-OH is 1. The first-order valence-corrected chi connectivity index (χ1v) is 4.89. The summed E-state index contributed by atoms with van der Waals surface area (Å²) in [5.74, 6) is 0.262. The highest BCUT2D eigenvalue weighted by Crippen LogP contribution is 2.27. The van der Waals surface area contributed by atoms with E-state index in [0.29, 0.717) is 5.75 Å². The summed E-state index contributed by atoms with van der Waals surface area (Å²) >= 11 is 0. The predicted molar refractivity (Wildman–Crippen MR) is 57.9 cm³/mol. The Labute approximate surface area is 89.7 Å². The van der Waals surface area contributed by atoms with E-state index in [1.165, 1.54) is 6.92 Å². The Hall–Kier alpha value is -1.35. The average Bonchev–Trinajstić information content (AvgIpc) is 2.10. The third-order valence-electron chi connectivity index (χ3n) is 2.21. The lowest BCUT2D eigenvalue weighted by Crippen LogP contribution is -2.05. The largest absolute Gasteiger partial charge is 0.426 e. The Balaban J connectivity index is 3.15. The molecule has 1 N–H and O–H groups in total. The van der Waals surface area contributed by atoms with Gasteiger partial charge < -0.3 is 9.84 Å². The summed E-state index contributed by atoms with van der Waals surface area (Å²) in [6.45, 7) is 6.80. The van der Waals surface area contributed by atoms with Crippen LogP contribution in [0.1, 0.15) is 36.6 Å². The van der Waals surface area contributed by atoms with Gasteiger partial charge in [0.15, 0.2) is 0 Å². The van der Waals surface area contributed by atoms with Crippen molar-refractivity contribution in [1.29, 1.82) is 0 Å². The molecular formula is C12H16O3. The molecule has 1 aromatic rings. The first-order chi connectivity index (χ1) is 6.91. The van der Waals surface area contributed by atoms with E-state index in [0.717, 1.165) is 16.7 Å². The monoisotopic (exact) mass is 208 g/mol. The van der Waals surface area contributed by atoms with E-state index in [1.807, 2.05) is 26.0 Å². The summed E-state index contributed by atoms with van der Waals surface area (Å²) in [6, 6.07) is 3.66. The lowest BCUT2D eigenvalue weighted by molar-refractivity contribution is -0.131. The predicted octanol–water partition coefficient (Wildman–Crippen LogP) is 2.28. The normalized spacial score (nSPS) is 12.3. The topological polar surface area (TPSA) is 46.5 Å². The fraction of sp³-hybridized carbons (Fsp3) is 0.417. The van der Waals surface area contributed by atoms with Crippen molar-refractivity contribution in [3.63, 3.8) is 0 Å². The Kier molecular flexibility index (Phi) is 3.48. The maximum atomic E-state index is 10.9. The Morgan fingerprint density at radius 2 is 1.80 bits per heavy atom. The number of hydrogen-bond donors (Lipinski definition) is 1. The third-order valence-corrected chi connectivity index (χ3v) is 2.21. The zero-order valence-electron chi connectivity index (χ0n) is 9.50. The molecule has 0 amide bonds. The van der Waals surface area contributed by atoms with Gasteiger partial charge in [0.25, 0.3) is 0 Å². The first-order valence-electron chi connectivity index (χ1n) is 4.89. The highest BCUT2D eigenvalue weighted by molar-refractivity contribution is 5.70. The van der Waals surface area contributed by atoms with E-state index in [2.05, 4.69) is 0 Å². The number of aryl methyl sites for hydroxylation is 2. The molecule has 1 atom stereocenters. The molecule has 15 heavy (non-hydrogen) atoms. The number of carbonyl (C=O) groups excluding carboxylic acids is 1. The molecule has 0 saturated heterocycles. The quantitative estimate of drug-likeness (QED) is 0.599. The fourth-order valence-corrected chi connectivity index (χ4v) is 1.53. The van der Waals surface area contributed by atoms with Crippen molar-refractivity contribution in [2.75, 3.05) is 0 Å². The molecule has 0 fully saturated rings. The highest BCUT2D eigenvalue weighted by atomic mass is 16.5. The first kappa shape index (κ1) is 11.7. The third kappa shape index (κ3) is 2.80. The Morgan fingerprint density at radius 3 is 2.13 bits per heavy atom. The van der Waals surface area contributed by atoms with Gasteiger partial charge in [0.2, 0.25) is 0 Å². The molecule has 0 heterocycles. The van der Waals surface area contributed by atoms with Gasteiger partial charge in [-0.25, -0.2) is 0 Å². The summed E-state index contributed by atoms with van der Waals surface area (Å²) in [7, 11) is 0. The molecule has 0 aliphatic heterocycles. The van der Waals surface area contributed by atoms with E-state index in [-0.39, 0.29) is 5.97 Å². The van der Waals surface area contributed by atoms with Crippen LogP contribution >= 0.6 is 0 Å². The summed E-state index contributed by atoms with van der Waals surface area (Å²) in [5.41, 5.74) is 2.56. The number of carbonyl (C=O) groups is 1. The molecule has 0 aliphatic carbocycles. The van der Waals surface area contributed by atoms with Crippen molar-refractivity contribution in [3.05, 3.63) is 28.8 Å². The van der Waals surface area contributed by atoms with Gasteiger partial charge in [-0.15, -0.1) is 0 Å². The Morgan fingerprint density at radius 1 is 1.33 bits per heavy atom. The van der Waals surface area contributed by atoms with Crippen LogP contribution in [0.3, 0.4) is 0 Å². The average molecular weight is 208 g/mol. The summed E-state index contributed by atoms with van der Waals surface area (Å²) in [4.78, 5) is 10.9. The second kappa shape index (κ2) is 4.45. The molecule has 0 bridgehead atoms. The van der Waals surface area contributed by atoms with Gasteiger partial charge in [-0.3, -0.25) is 4.79 Å². The van der Waals surface area contributed by atoms with Gasteiger partial charge in [-0.05, 0) is 49.6 Å². The van der Waals surface area contributed by atoms with Gasteiger partial charge in [0, 0.05) is 6.92 Å². The standard InChI is InChI=1S/C12H16O3/c1-7-5-11(9(3)13)6-8(2)12(7)15-10(4)14/h5-6,9,13H,1-4H3. The number of hydrogen-bond acceptors (Lipinski definition) is 3. The number of esters is 1. The molecule has 0 spiro atoms. The molecule has 0 aliphatic rings. The molecular weight excluding hydrogens is 192 g/mol. The van der Waals surface area contributed by atoms with Gasteiger partial charge in [-0.2, -0.15) is 0 Å². The maximum Gasteiger partial charge on any atom is 0.308 e. The number of ether oxygens (including phenoxy) is 1. The minimum atomic E-state index is -0.506. The summed E-state index contributed by atoms with van der Waals surface area (Å²) in [6.07, 6.45) is -0.506. The van der Waals surface area contributed by atoms with Gasteiger partial charge in [-0.1, -0.05) is 0 Å². The van der Waals surface area contributed by atoms with Gasteiger partial charge >= 0.3 is 5.97 Å². The zero-order chi connectivity index (χ0) is 11.6. The van der Waals surface area contributed by atoms with Crippen LogP contribution < -0.4 is 4.74 Å². The van der Waals surface area contributed by atoms with Gasteiger partial charge in [0.1, 0.15) is 5.75 Å². The minimum absolute atomic E-state index is 0.328. The molecule has 3 heteroatoms. The van der Waals surface area contributed by atoms with Crippen LogP contribution in [0.15, 0.2) is 12.1 Å². The summed E-state index contributed by atoms with van der Waals surface area (Å²) in [5, 5.41) is 9.44. The summed E-state index contributed by atoms with van der Waals surface area (Å²) < 4.78 is 5.09. The second-order valence-electron chi connectivity index (χ2n) is 3.75. The molecule has 1 rings (SSSR count). The molecule has 1 aromatic carbocycles. The number of aliphatic hydroxyl groups is 1. The van der Waals surface area contributed by atoms with E-state index in [9.17, 15) is 9.90 Å². The van der Waals surface area contributed by atoms with Crippen LogP contribution in [0.4, 0.5) is 0 Å². The van der Waals surface area contributed by atoms with Crippen LogP contribution in [-0.2, 0) is 4.79 Å². The van der Waals surface area contributed by atoms with Crippen LogP contribution in [-0.4, -0.2) is 11.1 Å². The maximum absolute atomic E-state index is 10.9. The van der Waals surface area contributed by atoms with E-state index < -0.39 is 6.10 Å².